The Bertz CT molecular complexity index is 1070. The number of hydrogen-bond donors (Lipinski definition) is 1. The molecule has 0 aromatic carbocycles. The lowest BCUT2D eigenvalue weighted by molar-refractivity contribution is 0.761. The Morgan fingerprint density at radius 2 is 2.04 bits per heavy atom. The largest absolute Gasteiger partial charge is 0.372 e. The second kappa shape index (κ2) is 6.76. The molecule has 0 amide bonds. The minimum Gasteiger partial charge on any atom is -0.372 e. The Morgan fingerprint density at radius 1 is 1.15 bits per heavy atom. The number of pyridine rings is 1. The van der Waals surface area contributed by atoms with Gasteiger partial charge in [0.15, 0.2) is 11.5 Å². The highest BCUT2D eigenvalue weighted by atomic mass is 35.5. The second-order valence-corrected chi connectivity index (χ2v) is 6.21. The van der Waals surface area contributed by atoms with Crippen molar-refractivity contribution in [1.82, 2.24) is 29.1 Å². The molecular weight excluding hydrogens is 350 g/mol. The first-order chi connectivity index (χ1) is 12.7. The topological polar surface area (TPSA) is 72.9 Å². The van der Waals surface area contributed by atoms with Crippen molar-refractivity contribution in [3.8, 4) is 11.5 Å². The van der Waals surface area contributed by atoms with Crippen LogP contribution < -0.4 is 5.32 Å². The number of aryl methyl sites for hydroxylation is 1. The zero-order chi connectivity index (χ0) is 18.1. The zero-order valence-electron chi connectivity index (χ0n) is 14.5. The summed E-state index contributed by atoms with van der Waals surface area (Å²) in [5.74, 6) is 1.57. The average molecular weight is 368 g/mol. The molecule has 0 radical (unpaired) electrons. The van der Waals surface area contributed by atoms with Gasteiger partial charge in [0.25, 0.3) is 0 Å². The fraction of sp³-hybridized carbons (Fsp3) is 0.222. The van der Waals surface area contributed by atoms with E-state index in [9.17, 15) is 0 Å². The number of anilines is 1. The molecule has 0 aliphatic carbocycles. The summed E-state index contributed by atoms with van der Waals surface area (Å²) >= 11 is 6.03. The predicted octanol–water partition coefficient (Wildman–Crippen LogP) is 3.29. The molecule has 0 spiro atoms. The summed E-state index contributed by atoms with van der Waals surface area (Å²) in [6.45, 7) is 2.69. The van der Waals surface area contributed by atoms with Crippen molar-refractivity contribution in [3.63, 3.8) is 0 Å². The maximum absolute atomic E-state index is 6.03. The third-order valence-corrected chi connectivity index (χ3v) is 4.43. The quantitative estimate of drug-likeness (QED) is 0.548. The molecule has 0 fully saturated rings. The zero-order valence-corrected chi connectivity index (χ0v) is 15.3. The van der Waals surface area contributed by atoms with Crippen LogP contribution in [0.3, 0.4) is 0 Å². The monoisotopic (exact) mass is 367 g/mol. The van der Waals surface area contributed by atoms with Gasteiger partial charge in [-0.05, 0) is 30.7 Å². The Labute approximate surface area is 155 Å². The normalized spacial score (nSPS) is 11.2. The van der Waals surface area contributed by atoms with Crippen LogP contribution in [0, 0.1) is 0 Å². The van der Waals surface area contributed by atoms with Gasteiger partial charge in [0, 0.05) is 19.4 Å². The van der Waals surface area contributed by atoms with Crippen molar-refractivity contribution in [2.24, 2.45) is 0 Å². The van der Waals surface area contributed by atoms with E-state index < -0.39 is 0 Å². The Kier molecular flexibility index (Phi) is 4.30. The van der Waals surface area contributed by atoms with Crippen molar-refractivity contribution in [2.45, 2.75) is 19.9 Å². The molecule has 7 nitrogen and oxygen atoms in total. The van der Waals surface area contributed by atoms with Gasteiger partial charge < -0.3 is 9.88 Å². The second-order valence-electron chi connectivity index (χ2n) is 5.82. The third kappa shape index (κ3) is 2.90. The van der Waals surface area contributed by atoms with Crippen LogP contribution in [0.1, 0.15) is 18.3 Å². The first-order valence-electron chi connectivity index (χ1n) is 8.39. The third-order valence-electron chi connectivity index (χ3n) is 4.22. The minimum absolute atomic E-state index is 0.447. The Hall–Kier alpha value is -2.93. The van der Waals surface area contributed by atoms with E-state index in [0.29, 0.717) is 11.7 Å². The standard InChI is InChI=1S/C18H18ClN7/c1-3-14-13(23-17-8-7-16(20-2)24-26(14)17)11-25-10-9-21-18(25)12-5-4-6-15(19)22-12/h4-10H,3,11H2,1-2H3,(H,20,24). The molecule has 1 N–H and O–H groups in total. The van der Waals surface area contributed by atoms with Gasteiger partial charge in [0.1, 0.15) is 16.7 Å². The van der Waals surface area contributed by atoms with Gasteiger partial charge in [0.05, 0.1) is 17.9 Å². The number of fused-ring (bicyclic) bond motifs is 1. The smallest absolute Gasteiger partial charge is 0.159 e. The van der Waals surface area contributed by atoms with E-state index in [1.54, 1.807) is 12.3 Å². The lowest BCUT2D eigenvalue weighted by Gasteiger charge is -2.07. The molecule has 4 rings (SSSR count). The molecule has 0 aliphatic heterocycles. The highest BCUT2D eigenvalue weighted by Crippen LogP contribution is 2.21. The van der Waals surface area contributed by atoms with Crippen LogP contribution in [-0.4, -0.2) is 36.2 Å². The fourth-order valence-corrected chi connectivity index (χ4v) is 3.17. The first-order valence-corrected chi connectivity index (χ1v) is 8.76. The molecule has 132 valence electrons. The van der Waals surface area contributed by atoms with E-state index in [-0.39, 0.29) is 0 Å². The Morgan fingerprint density at radius 3 is 2.81 bits per heavy atom. The Balaban J connectivity index is 1.76. The summed E-state index contributed by atoms with van der Waals surface area (Å²) in [5, 5.41) is 8.11. The van der Waals surface area contributed by atoms with Gasteiger partial charge in [-0.1, -0.05) is 24.6 Å². The average Bonchev–Trinajstić information content (AvgIpc) is 3.25. The van der Waals surface area contributed by atoms with Crippen LogP contribution in [-0.2, 0) is 13.0 Å². The molecule has 0 saturated heterocycles. The molecule has 8 heteroatoms. The lowest BCUT2D eigenvalue weighted by atomic mass is 10.2. The number of nitrogens with one attached hydrogen (secondary N) is 1. The van der Waals surface area contributed by atoms with Crippen LogP contribution >= 0.6 is 11.6 Å². The number of rotatable bonds is 5. The van der Waals surface area contributed by atoms with Crippen molar-refractivity contribution in [1.29, 1.82) is 0 Å². The summed E-state index contributed by atoms with van der Waals surface area (Å²) in [7, 11) is 1.85. The maximum atomic E-state index is 6.03. The van der Waals surface area contributed by atoms with Crippen LogP contribution in [0.2, 0.25) is 5.15 Å². The lowest BCUT2D eigenvalue weighted by Crippen LogP contribution is -2.06. The fourth-order valence-electron chi connectivity index (χ4n) is 3.00. The minimum atomic E-state index is 0.447. The summed E-state index contributed by atoms with van der Waals surface area (Å²) in [4.78, 5) is 13.6. The summed E-state index contributed by atoms with van der Waals surface area (Å²) < 4.78 is 3.92. The van der Waals surface area contributed by atoms with Gasteiger partial charge >= 0.3 is 0 Å². The van der Waals surface area contributed by atoms with E-state index in [1.807, 2.05) is 46.6 Å². The predicted molar refractivity (Wildman–Crippen MR) is 101 cm³/mol. The number of halogens is 1. The summed E-state index contributed by atoms with van der Waals surface area (Å²) in [6.07, 6.45) is 4.51. The molecule has 26 heavy (non-hydrogen) atoms. The van der Waals surface area contributed by atoms with Gasteiger partial charge in [0.2, 0.25) is 0 Å². The number of imidazole rings is 2. The van der Waals surface area contributed by atoms with Gasteiger partial charge in [-0.25, -0.2) is 19.5 Å². The van der Waals surface area contributed by atoms with Crippen LogP contribution in [0.5, 0.6) is 0 Å². The maximum Gasteiger partial charge on any atom is 0.159 e. The van der Waals surface area contributed by atoms with Crippen molar-refractivity contribution < 1.29 is 0 Å². The van der Waals surface area contributed by atoms with E-state index in [1.165, 1.54) is 0 Å². The van der Waals surface area contributed by atoms with Crippen molar-refractivity contribution in [3.05, 3.63) is 59.3 Å². The van der Waals surface area contributed by atoms with E-state index in [0.717, 1.165) is 40.8 Å². The van der Waals surface area contributed by atoms with E-state index >= 15 is 0 Å². The summed E-state index contributed by atoms with van der Waals surface area (Å²) in [6, 6.07) is 9.41. The van der Waals surface area contributed by atoms with Crippen LogP contribution in [0.25, 0.3) is 17.2 Å². The molecule has 0 atom stereocenters. The molecule has 0 saturated carbocycles. The summed E-state index contributed by atoms with van der Waals surface area (Å²) in [5.41, 5.74) is 3.61. The van der Waals surface area contributed by atoms with Crippen molar-refractivity contribution >= 4 is 23.1 Å². The molecule has 4 aromatic heterocycles. The molecule has 0 unspecified atom stereocenters. The SMILES string of the molecule is CCc1c(Cn2ccnc2-c2cccc(Cl)n2)nc2ccc(NC)nn12. The number of hydrogen-bond acceptors (Lipinski definition) is 5. The first kappa shape index (κ1) is 16.5. The van der Waals surface area contributed by atoms with E-state index in [2.05, 4.69) is 27.3 Å². The highest BCUT2D eigenvalue weighted by molar-refractivity contribution is 6.29. The van der Waals surface area contributed by atoms with Gasteiger partial charge in [-0.15, -0.1) is 5.10 Å². The van der Waals surface area contributed by atoms with Crippen LogP contribution in [0.15, 0.2) is 42.7 Å². The number of nitrogens with zero attached hydrogens (tertiary/aromatic N) is 6. The molecular formula is C18H18ClN7. The van der Waals surface area contributed by atoms with Gasteiger partial charge in [-0.3, -0.25) is 0 Å². The highest BCUT2D eigenvalue weighted by Gasteiger charge is 2.15. The van der Waals surface area contributed by atoms with Gasteiger partial charge in [-0.2, -0.15) is 0 Å². The number of aromatic nitrogens is 6. The molecule has 0 aliphatic rings. The molecule has 4 aromatic rings. The van der Waals surface area contributed by atoms with Crippen molar-refractivity contribution in [2.75, 3.05) is 12.4 Å². The molecule has 4 heterocycles. The van der Waals surface area contributed by atoms with Crippen LogP contribution in [0.4, 0.5) is 5.82 Å². The van der Waals surface area contributed by atoms with E-state index in [4.69, 9.17) is 16.6 Å². The molecule has 0 bridgehead atoms.